The van der Waals surface area contributed by atoms with Crippen LogP contribution in [0, 0.1) is 6.92 Å². The highest BCUT2D eigenvalue weighted by molar-refractivity contribution is 5.91. The summed E-state index contributed by atoms with van der Waals surface area (Å²) in [6, 6.07) is 14.7. The third kappa shape index (κ3) is 4.60. The molecule has 1 aromatic heterocycles. The lowest BCUT2D eigenvalue weighted by Crippen LogP contribution is -2.30. The summed E-state index contributed by atoms with van der Waals surface area (Å²) in [5.74, 6) is 0.566. The molecule has 8 heteroatoms. The Bertz CT molecular complexity index is 1030. The highest BCUT2D eigenvalue weighted by Gasteiger charge is 2.23. The molecule has 8 nitrogen and oxygen atoms in total. The van der Waals surface area contributed by atoms with Crippen molar-refractivity contribution >= 4 is 23.5 Å². The van der Waals surface area contributed by atoms with Gasteiger partial charge >= 0.3 is 12.1 Å². The van der Waals surface area contributed by atoms with Crippen molar-refractivity contribution in [1.82, 2.24) is 10.3 Å². The minimum atomic E-state index is -0.355. The monoisotopic (exact) mass is 406 g/mol. The fraction of sp³-hybridized carbons (Fsp3) is 0.227. The van der Waals surface area contributed by atoms with Crippen LogP contribution in [0.25, 0.3) is 11.5 Å². The summed E-state index contributed by atoms with van der Waals surface area (Å²) in [5.41, 5.74) is 4.23. The number of amides is 3. The van der Waals surface area contributed by atoms with Crippen LogP contribution in [0.15, 0.2) is 59.2 Å². The molecule has 0 unspecified atom stereocenters. The second-order valence-electron chi connectivity index (χ2n) is 6.95. The fourth-order valence-corrected chi connectivity index (χ4v) is 3.08. The van der Waals surface area contributed by atoms with Crippen molar-refractivity contribution in [1.29, 1.82) is 0 Å². The zero-order valence-electron chi connectivity index (χ0n) is 16.6. The minimum Gasteiger partial charge on any atom is -0.447 e. The Hall–Kier alpha value is -3.81. The Kier molecular flexibility index (Phi) is 5.65. The van der Waals surface area contributed by atoms with Crippen LogP contribution in [-0.4, -0.2) is 36.8 Å². The van der Waals surface area contributed by atoms with E-state index in [1.54, 1.807) is 35.4 Å². The summed E-state index contributed by atoms with van der Waals surface area (Å²) in [6.45, 7) is 3.36. The molecule has 1 fully saturated rings. The molecule has 1 aliphatic rings. The van der Waals surface area contributed by atoms with Gasteiger partial charge in [-0.25, -0.2) is 14.6 Å². The van der Waals surface area contributed by atoms with Gasteiger partial charge in [0.25, 0.3) is 0 Å². The largest absolute Gasteiger partial charge is 0.447 e. The molecule has 4 rings (SSSR count). The van der Waals surface area contributed by atoms with Crippen molar-refractivity contribution in [3.05, 3.63) is 66.1 Å². The van der Waals surface area contributed by atoms with Gasteiger partial charge in [-0.05, 0) is 43.3 Å². The number of carbonyl (C=O) groups excluding carboxylic acids is 2. The number of rotatable bonds is 6. The molecule has 3 aromatic rings. The highest BCUT2D eigenvalue weighted by Crippen LogP contribution is 2.21. The number of oxazole rings is 1. The Labute approximate surface area is 173 Å². The topological polar surface area (TPSA) is 96.7 Å². The van der Waals surface area contributed by atoms with Gasteiger partial charge < -0.3 is 19.8 Å². The molecule has 2 heterocycles. The molecular weight excluding hydrogens is 384 g/mol. The van der Waals surface area contributed by atoms with Crippen LogP contribution in [0.4, 0.5) is 21.0 Å². The Morgan fingerprint density at radius 1 is 1.13 bits per heavy atom. The number of aryl methyl sites for hydroxylation is 1. The molecule has 1 saturated heterocycles. The maximum Gasteiger partial charge on any atom is 0.414 e. The number of nitrogens with zero attached hydrogens (tertiary/aromatic N) is 2. The molecule has 154 valence electrons. The van der Waals surface area contributed by atoms with Gasteiger partial charge in [0.1, 0.15) is 12.9 Å². The first-order chi connectivity index (χ1) is 14.6. The average molecular weight is 406 g/mol. The third-order valence-corrected chi connectivity index (χ3v) is 4.71. The smallest absolute Gasteiger partial charge is 0.414 e. The average Bonchev–Trinajstić information content (AvgIpc) is 3.38. The van der Waals surface area contributed by atoms with E-state index in [1.807, 2.05) is 31.2 Å². The molecule has 0 aliphatic carbocycles. The maximum atomic E-state index is 12.1. The summed E-state index contributed by atoms with van der Waals surface area (Å²) in [6.07, 6.45) is 1.81. The number of benzene rings is 2. The molecule has 2 N–H and O–H groups in total. The molecule has 0 bridgehead atoms. The SMILES string of the molecule is Cc1ccc(-c2nc(CCNC(=O)Nc3ccc(N4CCOC4=O)cc3)co2)cc1. The van der Waals surface area contributed by atoms with Crippen LogP contribution < -0.4 is 15.5 Å². The molecule has 2 aromatic carbocycles. The van der Waals surface area contributed by atoms with E-state index in [0.717, 1.165) is 16.9 Å². The Balaban J connectivity index is 1.24. The quantitative estimate of drug-likeness (QED) is 0.646. The summed E-state index contributed by atoms with van der Waals surface area (Å²) in [4.78, 5) is 29.7. The van der Waals surface area contributed by atoms with Crippen LogP contribution in [0.2, 0.25) is 0 Å². The van der Waals surface area contributed by atoms with E-state index in [1.165, 1.54) is 5.56 Å². The number of urea groups is 1. The molecule has 0 spiro atoms. The van der Waals surface area contributed by atoms with Crippen LogP contribution in [0.3, 0.4) is 0 Å². The van der Waals surface area contributed by atoms with Gasteiger partial charge in [-0.3, -0.25) is 4.90 Å². The lowest BCUT2D eigenvalue weighted by atomic mass is 10.1. The number of cyclic esters (lactones) is 1. The van der Waals surface area contributed by atoms with Crippen LogP contribution in [-0.2, 0) is 11.2 Å². The van der Waals surface area contributed by atoms with Crippen molar-refractivity contribution in [2.75, 3.05) is 29.9 Å². The first kappa shape index (κ1) is 19.5. The number of hydrogen-bond acceptors (Lipinski definition) is 5. The number of carbonyl (C=O) groups is 2. The van der Waals surface area contributed by atoms with Gasteiger partial charge in [0, 0.05) is 29.9 Å². The van der Waals surface area contributed by atoms with Crippen LogP contribution >= 0.6 is 0 Å². The zero-order valence-corrected chi connectivity index (χ0v) is 16.6. The van der Waals surface area contributed by atoms with E-state index in [-0.39, 0.29) is 12.1 Å². The molecule has 0 radical (unpaired) electrons. The van der Waals surface area contributed by atoms with Gasteiger partial charge in [0.2, 0.25) is 5.89 Å². The van der Waals surface area contributed by atoms with Gasteiger partial charge in [-0.1, -0.05) is 17.7 Å². The lowest BCUT2D eigenvalue weighted by Gasteiger charge is -2.13. The van der Waals surface area contributed by atoms with Crippen molar-refractivity contribution < 1.29 is 18.7 Å². The second-order valence-corrected chi connectivity index (χ2v) is 6.95. The van der Waals surface area contributed by atoms with Gasteiger partial charge in [0.05, 0.1) is 12.2 Å². The zero-order chi connectivity index (χ0) is 20.9. The molecule has 30 heavy (non-hydrogen) atoms. The van der Waals surface area contributed by atoms with Crippen molar-refractivity contribution in [2.24, 2.45) is 0 Å². The van der Waals surface area contributed by atoms with E-state index in [2.05, 4.69) is 15.6 Å². The number of hydrogen-bond donors (Lipinski definition) is 2. The fourth-order valence-electron chi connectivity index (χ4n) is 3.08. The van der Waals surface area contributed by atoms with Gasteiger partial charge in [-0.15, -0.1) is 0 Å². The molecule has 0 saturated carbocycles. The van der Waals surface area contributed by atoms with Crippen LogP contribution in [0.5, 0.6) is 0 Å². The predicted octanol–water partition coefficient (Wildman–Crippen LogP) is 3.97. The predicted molar refractivity (Wildman–Crippen MR) is 113 cm³/mol. The highest BCUT2D eigenvalue weighted by atomic mass is 16.6. The van der Waals surface area contributed by atoms with E-state index < -0.39 is 0 Å². The Morgan fingerprint density at radius 3 is 2.60 bits per heavy atom. The maximum absolute atomic E-state index is 12.1. The van der Waals surface area contributed by atoms with E-state index in [4.69, 9.17) is 9.15 Å². The minimum absolute atomic E-state index is 0.314. The Morgan fingerprint density at radius 2 is 1.90 bits per heavy atom. The number of ether oxygens (including phenoxy) is 1. The standard InChI is InChI=1S/C22H22N4O4/c1-15-2-4-16(5-3-15)20-24-18(14-30-20)10-11-23-21(27)25-17-6-8-19(9-7-17)26-12-13-29-22(26)28/h2-9,14H,10-13H2,1H3,(H2,23,25,27). The molecular formula is C22H22N4O4. The number of aromatic nitrogens is 1. The number of nitrogens with one attached hydrogen (secondary N) is 2. The lowest BCUT2D eigenvalue weighted by molar-refractivity contribution is 0.181. The normalized spacial score (nSPS) is 13.2. The third-order valence-electron chi connectivity index (χ3n) is 4.71. The first-order valence-electron chi connectivity index (χ1n) is 9.69. The summed E-state index contributed by atoms with van der Waals surface area (Å²) >= 11 is 0. The van der Waals surface area contributed by atoms with Crippen LogP contribution in [0.1, 0.15) is 11.3 Å². The molecule has 3 amide bonds. The van der Waals surface area contributed by atoms with E-state index in [9.17, 15) is 9.59 Å². The van der Waals surface area contributed by atoms with E-state index in [0.29, 0.717) is 37.7 Å². The summed E-state index contributed by atoms with van der Waals surface area (Å²) in [7, 11) is 0. The van der Waals surface area contributed by atoms with Crippen molar-refractivity contribution in [3.8, 4) is 11.5 Å². The van der Waals surface area contributed by atoms with Crippen molar-refractivity contribution in [2.45, 2.75) is 13.3 Å². The summed E-state index contributed by atoms with van der Waals surface area (Å²) in [5, 5.41) is 5.56. The first-order valence-corrected chi connectivity index (χ1v) is 9.69. The second kappa shape index (κ2) is 8.69. The van der Waals surface area contributed by atoms with E-state index >= 15 is 0 Å². The number of anilines is 2. The molecule has 0 atom stereocenters. The molecule has 1 aliphatic heterocycles. The van der Waals surface area contributed by atoms with Crippen molar-refractivity contribution in [3.63, 3.8) is 0 Å². The van der Waals surface area contributed by atoms with Gasteiger partial charge in [-0.2, -0.15) is 0 Å². The summed E-state index contributed by atoms with van der Waals surface area (Å²) < 4.78 is 10.5. The van der Waals surface area contributed by atoms with Gasteiger partial charge in [0.15, 0.2) is 0 Å².